The van der Waals surface area contributed by atoms with Gasteiger partial charge in [-0.15, -0.1) is 0 Å². The molecule has 0 spiro atoms. The van der Waals surface area contributed by atoms with E-state index in [2.05, 4.69) is 4.99 Å². The Bertz CT molecular complexity index is 1320. The van der Waals surface area contributed by atoms with Gasteiger partial charge in [-0.3, -0.25) is 9.59 Å². The number of nitrogens with zero attached hydrogens (tertiary/aromatic N) is 2. The molecule has 0 saturated carbocycles. The molecule has 0 radical (unpaired) electrons. The maximum atomic E-state index is 12.7. The number of methoxy groups -OCH3 is 1. The fraction of sp³-hybridized carbons (Fsp3) is 0.250. The number of carbonyl (C=O) groups excluding carboxylic acids is 2. The number of ether oxygens (including phenoxy) is 1. The molecule has 0 unspecified atom stereocenters. The summed E-state index contributed by atoms with van der Waals surface area (Å²) in [4.78, 5) is 28.9. The van der Waals surface area contributed by atoms with Gasteiger partial charge in [0.15, 0.2) is 4.80 Å². The third-order valence-corrected chi connectivity index (χ3v) is 6.52. The van der Waals surface area contributed by atoms with Crippen molar-refractivity contribution in [2.24, 2.45) is 10.1 Å². The smallest absolute Gasteiger partial charge is 0.325 e. The van der Waals surface area contributed by atoms with Gasteiger partial charge in [0, 0.05) is 0 Å². The molecule has 30 heavy (non-hydrogen) atoms. The van der Waals surface area contributed by atoms with Crippen LogP contribution in [0.5, 0.6) is 0 Å². The molecule has 1 amide bonds. The van der Waals surface area contributed by atoms with Crippen molar-refractivity contribution in [2.45, 2.75) is 31.7 Å². The number of hydrogen-bond acceptors (Lipinski definition) is 6. The zero-order chi connectivity index (χ0) is 22.1. The number of amides is 1. The second kappa shape index (κ2) is 8.50. The van der Waals surface area contributed by atoms with E-state index in [0.717, 1.165) is 28.0 Å². The van der Waals surface area contributed by atoms with Gasteiger partial charge >= 0.3 is 5.97 Å². The van der Waals surface area contributed by atoms with Gasteiger partial charge in [-0.05, 0) is 43.2 Å². The predicted octanol–water partition coefficient (Wildman–Crippen LogP) is 1.81. The zero-order valence-corrected chi connectivity index (χ0v) is 18.3. The van der Waals surface area contributed by atoms with E-state index in [1.165, 1.54) is 29.9 Å². The van der Waals surface area contributed by atoms with E-state index in [9.17, 15) is 18.0 Å². The Morgan fingerprint density at radius 1 is 1.17 bits per heavy atom. The summed E-state index contributed by atoms with van der Waals surface area (Å²) in [7, 11) is -2.63. The maximum Gasteiger partial charge on any atom is 0.325 e. The normalized spacial score (nSPS) is 12.3. The third kappa shape index (κ3) is 4.84. The van der Waals surface area contributed by atoms with Crippen molar-refractivity contribution in [1.82, 2.24) is 4.57 Å². The van der Waals surface area contributed by atoms with Crippen molar-refractivity contribution >= 4 is 43.5 Å². The van der Waals surface area contributed by atoms with Crippen LogP contribution in [-0.2, 0) is 37.3 Å². The number of primary sulfonamides is 1. The summed E-state index contributed by atoms with van der Waals surface area (Å²) in [5.74, 6) is -0.894. The second-order valence-corrected chi connectivity index (χ2v) is 9.40. The number of fused-ring (bicyclic) bond motifs is 1. The van der Waals surface area contributed by atoms with Gasteiger partial charge in [0.2, 0.25) is 10.0 Å². The number of carbonyl (C=O) groups is 2. The molecule has 0 fully saturated rings. The molecule has 0 atom stereocenters. The van der Waals surface area contributed by atoms with E-state index in [4.69, 9.17) is 9.88 Å². The van der Waals surface area contributed by atoms with Crippen molar-refractivity contribution < 1.29 is 22.7 Å². The lowest BCUT2D eigenvalue weighted by molar-refractivity contribution is -0.141. The topological polar surface area (TPSA) is 121 Å². The van der Waals surface area contributed by atoms with Crippen molar-refractivity contribution in [3.05, 3.63) is 57.9 Å². The van der Waals surface area contributed by atoms with Crippen LogP contribution in [0.25, 0.3) is 10.2 Å². The largest absolute Gasteiger partial charge is 0.468 e. The van der Waals surface area contributed by atoms with Gasteiger partial charge < -0.3 is 9.30 Å². The molecular weight excluding hydrogens is 426 g/mol. The molecule has 0 bridgehead atoms. The van der Waals surface area contributed by atoms with Gasteiger partial charge in [-0.2, -0.15) is 4.99 Å². The van der Waals surface area contributed by atoms with Crippen LogP contribution < -0.4 is 9.94 Å². The zero-order valence-electron chi connectivity index (χ0n) is 16.7. The van der Waals surface area contributed by atoms with Crippen LogP contribution in [0.2, 0.25) is 0 Å². The molecule has 0 aliphatic rings. The van der Waals surface area contributed by atoms with Crippen LogP contribution in [0.15, 0.2) is 46.3 Å². The Balaban J connectivity index is 2.09. The lowest BCUT2D eigenvalue weighted by Gasteiger charge is -2.05. The van der Waals surface area contributed by atoms with Crippen LogP contribution in [0.3, 0.4) is 0 Å². The summed E-state index contributed by atoms with van der Waals surface area (Å²) < 4.78 is 30.1. The molecule has 8 nitrogen and oxygen atoms in total. The molecule has 0 saturated heterocycles. The van der Waals surface area contributed by atoms with Gasteiger partial charge in [-0.1, -0.05) is 35.1 Å². The van der Waals surface area contributed by atoms with E-state index in [1.807, 2.05) is 32.0 Å². The molecule has 0 aliphatic carbocycles. The lowest BCUT2D eigenvalue weighted by atomic mass is 10.0. The van der Waals surface area contributed by atoms with Gasteiger partial charge in [0.05, 0.1) is 28.6 Å². The molecule has 3 rings (SSSR count). The van der Waals surface area contributed by atoms with Gasteiger partial charge in [0.1, 0.15) is 6.54 Å². The van der Waals surface area contributed by atoms with Crippen molar-refractivity contribution in [3.63, 3.8) is 0 Å². The van der Waals surface area contributed by atoms with Gasteiger partial charge in [0.25, 0.3) is 5.91 Å². The minimum atomic E-state index is -3.89. The fourth-order valence-corrected chi connectivity index (χ4v) is 4.66. The number of esters is 1. The molecule has 2 aromatic carbocycles. The first-order chi connectivity index (χ1) is 14.1. The Labute approximate surface area is 177 Å². The van der Waals surface area contributed by atoms with Crippen LogP contribution in [0.4, 0.5) is 0 Å². The number of hydrogen-bond donors (Lipinski definition) is 1. The fourth-order valence-electron chi connectivity index (χ4n) is 2.96. The maximum absolute atomic E-state index is 12.7. The van der Waals surface area contributed by atoms with Crippen molar-refractivity contribution in [2.75, 3.05) is 7.11 Å². The monoisotopic (exact) mass is 447 g/mol. The van der Waals surface area contributed by atoms with Crippen LogP contribution in [-0.4, -0.2) is 32.0 Å². The molecule has 1 aromatic heterocycles. The Kier molecular flexibility index (Phi) is 6.20. The highest BCUT2D eigenvalue weighted by Crippen LogP contribution is 2.21. The average Bonchev–Trinajstić information content (AvgIpc) is 3.00. The van der Waals surface area contributed by atoms with Crippen molar-refractivity contribution in [3.8, 4) is 0 Å². The van der Waals surface area contributed by atoms with E-state index < -0.39 is 16.0 Å². The molecule has 2 N–H and O–H groups in total. The number of rotatable bonds is 5. The number of aryl methyl sites for hydroxylation is 2. The molecular formula is C20H21N3O5S2. The highest BCUT2D eigenvalue weighted by Gasteiger charge is 2.15. The number of sulfonamides is 1. The summed E-state index contributed by atoms with van der Waals surface area (Å²) in [6, 6.07) is 10.1. The number of thiazole rings is 1. The Hall–Kier alpha value is -2.82. The molecule has 0 aliphatic heterocycles. The summed E-state index contributed by atoms with van der Waals surface area (Å²) in [5.41, 5.74) is 3.46. The first-order valence-electron chi connectivity index (χ1n) is 8.95. The predicted molar refractivity (Wildman–Crippen MR) is 113 cm³/mol. The SMILES string of the molecule is COC(=O)Cn1c(=NC(=O)Cc2cc(C)ccc2C)sc2cc(S(N)(=O)=O)ccc21. The van der Waals surface area contributed by atoms with Crippen LogP contribution in [0.1, 0.15) is 16.7 Å². The van der Waals surface area contributed by atoms with E-state index in [0.29, 0.717) is 10.2 Å². The Morgan fingerprint density at radius 3 is 2.57 bits per heavy atom. The van der Waals surface area contributed by atoms with Crippen molar-refractivity contribution in [1.29, 1.82) is 0 Å². The van der Waals surface area contributed by atoms with E-state index >= 15 is 0 Å². The summed E-state index contributed by atoms with van der Waals surface area (Å²) in [6.45, 7) is 3.71. The average molecular weight is 448 g/mol. The summed E-state index contributed by atoms with van der Waals surface area (Å²) in [5, 5.41) is 5.21. The molecule has 158 valence electrons. The second-order valence-electron chi connectivity index (χ2n) is 6.83. The Morgan fingerprint density at radius 2 is 1.90 bits per heavy atom. The summed E-state index contributed by atoms with van der Waals surface area (Å²) in [6.07, 6.45) is 0.114. The number of benzene rings is 2. The molecule has 3 aromatic rings. The van der Waals surface area contributed by atoms with Gasteiger partial charge in [-0.25, -0.2) is 13.6 Å². The molecule has 10 heteroatoms. The quantitative estimate of drug-likeness (QED) is 0.598. The molecule has 1 heterocycles. The lowest BCUT2D eigenvalue weighted by Crippen LogP contribution is -2.22. The number of nitrogens with two attached hydrogens (primary N) is 1. The third-order valence-electron chi connectivity index (χ3n) is 4.56. The van der Waals surface area contributed by atoms with E-state index in [-0.39, 0.29) is 28.6 Å². The summed E-state index contributed by atoms with van der Waals surface area (Å²) >= 11 is 1.10. The van der Waals surface area contributed by atoms with Crippen LogP contribution in [0, 0.1) is 13.8 Å². The standard InChI is InChI=1S/C20H21N3O5S2/c1-12-4-5-13(2)14(8-12)9-18(24)22-20-23(11-19(25)28-3)16-7-6-15(30(21,26)27)10-17(16)29-20/h4-8,10H,9,11H2,1-3H3,(H2,21,26,27). The number of aromatic nitrogens is 1. The highest BCUT2D eigenvalue weighted by atomic mass is 32.2. The minimum Gasteiger partial charge on any atom is -0.468 e. The van der Waals surface area contributed by atoms with Crippen LogP contribution >= 0.6 is 11.3 Å². The highest BCUT2D eigenvalue weighted by molar-refractivity contribution is 7.89. The first kappa shape index (κ1) is 21.9. The first-order valence-corrected chi connectivity index (χ1v) is 11.3. The minimum absolute atomic E-state index is 0.0604. The van der Waals surface area contributed by atoms with E-state index in [1.54, 1.807) is 0 Å².